The number of aromatic amines is 1. The summed E-state index contributed by atoms with van der Waals surface area (Å²) in [6.07, 6.45) is 1.52. The molecule has 1 atom stereocenters. The molecule has 0 aliphatic heterocycles. The van der Waals surface area contributed by atoms with Crippen LogP contribution in [0.4, 0.5) is 0 Å². The van der Waals surface area contributed by atoms with Crippen LogP contribution in [0.3, 0.4) is 0 Å². The van der Waals surface area contributed by atoms with Crippen molar-refractivity contribution in [2.24, 2.45) is 0 Å². The molecule has 0 saturated heterocycles. The second kappa shape index (κ2) is 3.86. The molecule has 2 aromatic heterocycles. The Balaban J connectivity index is 2.41. The van der Waals surface area contributed by atoms with Crippen LogP contribution >= 0.6 is 11.6 Å². The molecule has 2 aromatic rings. The van der Waals surface area contributed by atoms with Crippen molar-refractivity contribution in [2.75, 3.05) is 0 Å². The molecule has 2 heterocycles. The Labute approximate surface area is 90.1 Å². The van der Waals surface area contributed by atoms with E-state index in [0.717, 1.165) is 0 Å². The number of alkyl halides is 1. The number of H-pyrrole nitrogens is 1. The third-order valence-corrected chi connectivity index (χ3v) is 1.99. The van der Waals surface area contributed by atoms with Crippen LogP contribution in [0.5, 0.6) is 0 Å². The van der Waals surface area contributed by atoms with Gasteiger partial charge in [0, 0.05) is 17.8 Å². The van der Waals surface area contributed by atoms with Gasteiger partial charge in [-0.05, 0) is 13.0 Å². The molecule has 5 nitrogen and oxygen atoms in total. The minimum absolute atomic E-state index is 0.217. The first-order chi connectivity index (χ1) is 7.16. The fraction of sp³-hybridized carbons (Fsp3) is 0.222. The molecule has 0 amide bonds. The van der Waals surface area contributed by atoms with Gasteiger partial charge in [-0.15, -0.1) is 21.8 Å². The van der Waals surface area contributed by atoms with Crippen molar-refractivity contribution in [3.63, 3.8) is 0 Å². The van der Waals surface area contributed by atoms with E-state index in [4.69, 9.17) is 16.0 Å². The van der Waals surface area contributed by atoms with Gasteiger partial charge in [0.25, 0.3) is 0 Å². The second-order valence-corrected chi connectivity index (χ2v) is 3.66. The van der Waals surface area contributed by atoms with Crippen molar-refractivity contribution >= 4 is 11.6 Å². The van der Waals surface area contributed by atoms with E-state index < -0.39 is 0 Å². The molecule has 0 aliphatic rings. The first-order valence-corrected chi connectivity index (χ1v) is 4.77. The number of hydrogen-bond acceptors (Lipinski definition) is 4. The van der Waals surface area contributed by atoms with E-state index in [1.165, 1.54) is 12.3 Å². The van der Waals surface area contributed by atoms with E-state index in [2.05, 4.69) is 15.2 Å². The summed E-state index contributed by atoms with van der Waals surface area (Å²) in [5.41, 5.74) is 0.362. The summed E-state index contributed by atoms with van der Waals surface area (Å²) in [5.74, 6) is 0.635. The number of nitrogens with one attached hydrogen (secondary N) is 1. The number of nitrogens with zero attached hydrogens (tertiary/aromatic N) is 2. The molecule has 1 N–H and O–H groups in total. The van der Waals surface area contributed by atoms with Gasteiger partial charge in [0.15, 0.2) is 0 Å². The highest BCUT2D eigenvalue weighted by Gasteiger charge is 2.12. The molecule has 15 heavy (non-hydrogen) atoms. The van der Waals surface area contributed by atoms with Gasteiger partial charge in [0.05, 0.1) is 0 Å². The maximum Gasteiger partial charge on any atom is 0.248 e. The van der Waals surface area contributed by atoms with Crippen molar-refractivity contribution in [1.29, 1.82) is 0 Å². The molecule has 6 heteroatoms. The van der Waals surface area contributed by atoms with E-state index >= 15 is 0 Å². The molecule has 0 bridgehead atoms. The minimum Gasteiger partial charge on any atom is -0.419 e. The van der Waals surface area contributed by atoms with E-state index in [0.29, 0.717) is 17.3 Å². The summed E-state index contributed by atoms with van der Waals surface area (Å²) in [5, 5.41) is 7.22. The zero-order chi connectivity index (χ0) is 10.8. The number of hydrogen-bond donors (Lipinski definition) is 1. The fourth-order valence-electron chi connectivity index (χ4n) is 1.09. The fourth-order valence-corrected chi connectivity index (χ4v) is 1.18. The summed E-state index contributed by atoms with van der Waals surface area (Å²) < 4.78 is 5.28. The largest absolute Gasteiger partial charge is 0.419 e. The lowest BCUT2D eigenvalue weighted by atomic mass is 10.3. The molecule has 0 radical (unpaired) electrons. The zero-order valence-corrected chi connectivity index (χ0v) is 8.65. The minimum atomic E-state index is -0.340. The van der Waals surface area contributed by atoms with Gasteiger partial charge >= 0.3 is 0 Å². The molecule has 0 spiro atoms. The Morgan fingerprint density at radius 3 is 2.93 bits per heavy atom. The Kier molecular flexibility index (Phi) is 2.55. The van der Waals surface area contributed by atoms with Gasteiger partial charge in [-0.1, -0.05) is 0 Å². The van der Waals surface area contributed by atoms with E-state index in [9.17, 15) is 4.79 Å². The molecule has 0 saturated carbocycles. The quantitative estimate of drug-likeness (QED) is 0.790. The van der Waals surface area contributed by atoms with Gasteiger partial charge < -0.3 is 9.40 Å². The van der Waals surface area contributed by atoms with E-state index in [-0.39, 0.29) is 10.9 Å². The summed E-state index contributed by atoms with van der Waals surface area (Å²) in [4.78, 5) is 13.5. The molecule has 0 fully saturated rings. The van der Waals surface area contributed by atoms with Crippen LogP contribution in [-0.4, -0.2) is 15.2 Å². The van der Waals surface area contributed by atoms with Gasteiger partial charge in [0.1, 0.15) is 5.38 Å². The van der Waals surface area contributed by atoms with Crippen LogP contribution in [0.15, 0.2) is 27.5 Å². The van der Waals surface area contributed by atoms with Gasteiger partial charge in [0.2, 0.25) is 17.3 Å². The maximum absolute atomic E-state index is 11.0. The number of aromatic nitrogens is 3. The monoisotopic (exact) mass is 225 g/mol. The lowest BCUT2D eigenvalue weighted by Gasteiger charge is -1.93. The van der Waals surface area contributed by atoms with Crippen LogP contribution in [-0.2, 0) is 0 Å². The topological polar surface area (TPSA) is 71.8 Å². The highest BCUT2D eigenvalue weighted by molar-refractivity contribution is 6.20. The normalized spacial score (nSPS) is 12.7. The highest BCUT2D eigenvalue weighted by atomic mass is 35.5. The van der Waals surface area contributed by atoms with Crippen molar-refractivity contribution in [3.05, 3.63) is 34.6 Å². The lowest BCUT2D eigenvalue weighted by Crippen LogP contribution is -2.01. The first-order valence-electron chi connectivity index (χ1n) is 4.33. The first kappa shape index (κ1) is 9.92. The van der Waals surface area contributed by atoms with Gasteiger partial charge in [-0.2, -0.15) is 0 Å². The molecule has 0 aliphatic carbocycles. The third kappa shape index (κ3) is 2.07. The van der Waals surface area contributed by atoms with Crippen molar-refractivity contribution in [2.45, 2.75) is 12.3 Å². The van der Waals surface area contributed by atoms with Gasteiger partial charge in [-0.25, -0.2) is 0 Å². The summed E-state index contributed by atoms with van der Waals surface area (Å²) >= 11 is 5.77. The molecular formula is C9H8ClN3O2. The molecule has 78 valence electrons. The maximum atomic E-state index is 11.0. The third-order valence-electron chi connectivity index (χ3n) is 1.80. The number of pyridine rings is 1. The van der Waals surface area contributed by atoms with Crippen LogP contribution in [0.25, 0.3) is 11.5 Å². The zero-order valence-electron chi connectivity index (χ0n) is 7.90. The van der Waals surface area contributed by atoms with Crippen molar-refractivity contribution < 1.29 is 4.42 Å². The Morgan fingerprint density at radius 1 is 1.53 bits per heavy atom. The second-order valence-electron chi connectivity index (χ2n) is 3.00. The van der Waals surface area contributed by atoms with E-state index in [1.807, 2.05) is 0 Å². The Morgan fingerprint density at radius 2 is 2.33 bits per heavy atom. The summed E-state index contributed by atoms with van der Waals surface area (Å²) in [6.45, 7) is 1.73. The predicted octanol–water partition coefficient (Wildman–Crippen LogP) is 1.72. The molecule has 0 aromatic carbocycles. The van der Waals surface area contributed by atoms with Crippen LogP contribution in [0.1, 0.15) is 18.2 Å². The van der Waals surface area contributed by atoms with Gasteiger partial charge in [-0.3, -0.25) is 4.79 Å². The smallest absolute Gasteiger partial charge is 0.248 e. The number of halogens is 1. The van der Waals surface area contributed by atoms with E-state index in [1.54, 1.807) is 13.0 Å². The number of rotatable bonds is 2. The molecular weight excluding hydrogens is 218 g/mol. The van der Waals surface area contributed by atoms with Crippen LogP contribution in [0.2, 0.25) is 0 Å². The summed E-state index contributed by atoms with van der Waals surface area (Å²) in [6, 6.07) is 3.06. The average molecular weight is 226 g/mol. The lowest BCUT2D eigenvalue weighted by molar-refractivity contribution is 0.507. The standard InChI is InChI=1S/C9H8ClN3O2/c1-5(10)8-12-13-9(15-8)6-2-3-11-7(14)4-6/h2-5H,1H3,(H,11,14). The van der Waals surface area contributed by atoms with Crippen molar-refractivity contribution in [1.82, 2.24) is 15.2 Å². The highest BCUT2D eigenvalue weighted by Crippen LogP contribution is 2.22. The Bertz CT molecular complexity index is 518. The van der Waals surface area contributed by atoms with Crippen molar-refractivity contribution in [3.8, 4) is 11.5 Å². The van der Waals surface area contributed by atoms with Crippen LogP contribution in [0, 0.1) is 0 Å². The van der Waals surface area contributed by atoms with Crippen LogP contribution < -0.4 is 5.56 Å². The summed E-state index contributed by atoms with van der Waals surface area (Å²) in [7, 11) is 0. The Hall–Kier alpha value is -1.62. The SMILES string of the molecule is CC(Cl)c1nnc(-c2cc[nH]c(=O)c2)o1. The molecule has 2 rings (SSSR count). The predicted molar refractivity (Wildman–Crippen MR) is 54.6 cm³/mol. The molecule has 1 unspecified atom stereocenters. The average Bonchev–Trinajstić information content (AvgIpc) is 2.66.